The number of aromatic nitrogens is 2. The number of rotatable bonds is 4. The van der Waals surface area contributed by atoms with E-state index >= 15 is 0 Å². The van der Waals surface area contributed by atoms with Crippen LogP contribution in [0.3, 0.4) is 0 Å². The maximum absolute atomic E-state index is 5.91. The van der Waals surface area contributed by atoms with Crippen molar-refractivity contribution >= 4 is 17.7 Å². The maximum Gasteiger partial charge on any atom is 0.205 e. The van der Waals surface area contributed by atoms with Gasteiger partial charge >= 0.3 is 0 Å². The van der Waals surface area contributed by atoms with Gasteiger partial charge in [-0.3, -0.25) is 0 Å². The van der Waals surface area contributed by atoms with Crippen LogP contribution in [0.15, 0.2) is 12.4 Å². The quantitative estimate of drug-likeness (QED) is 0.886. The Morgan fingerprint density at radius 1 is 1.47 bits per heavy atom. The number of imidazole rings is 1. The molecule has 0 aromatic carbocycles. The van der Waals surface area contributed by atoms with E-state index in [0.717, 1.165) is 45.0 Å². The largest absolute Gasteiger partial charge is 0.342 e. The second-order valence-corrected chi connectivity index (χ2v) is 5.87. The molecule has 96 valence electrons. The topological polar surface area (TPSA) is 47.1 Å². The van der Waals surface area contributed by atoms with E-state index in [9.17, 15) is 0 Å². The molecule has 2 rings (SSSR count). The van der Waals surface area contributed by atoms with Gasteiger partial charge in [0.2, 0.25) is 5.95 Å². The molecule has 1 aromatic rings. The van der Waals surface area contributed by atoms with E-state index in [-0.39, 0.29) is 0 Å². The molecule has 0 amide bonds. The summed E-state index contributed by atoms with van der Waals surface area (Å²) in [6.07, 6.45) is 8.42. The first-order valence-corrected chi connectivity index (χ1v) is 7.48. The third kappa shape index (κ3) is 2.45. The standard InChI is InChI=1S/C12H22N4S/c1-3-15-9-6-14-11(15)16-7-4-12(10-13,17-2)5-8-16/h6,9H,3-5,7-8,10,13H2,1-2H3. The maximum atomic E-state index is 5.91. The van der Waals surface area contributed by atoms with Gasteiger partial charge in [-0.15, -0.1) is 0 Å². The molecule has 1 aliphatic heterocycles. The minimum atomic E-state index is 0.292. The average Bonchev–Trinajstić information content (AvgIpc) is 2.87. The summed E-state index contributed by atoms with van der Waals surface area (Å²) in [5.41, 5.74) is 5.91. The summed E-state index contributed by atoms with van der Waals surface area (Å²) in [6, 6.07) is 0. The third-order valence-electron chi connectivity index (χ3n) is 3.80. The summed E-state index contributed by atoms with van der Waals surface area (Å²) < 4.78 is 2.49. The van der Waals surface area contributed by atoms with Crippen molar-refractivity contribution in [3.05, 3.63) is 12.4 Å². The average molecular weight is 254 g/mol. The zero-order chi connectivity index (χ0) is 12.3. The molecule has 1 saturated heterocycles. The predicted octanol–water partition coefficient (Wildman–Crippen LogP) is 1.56. The molecule has 1 aliphatic rings. The normalized spacial score (nSPS) is 19.6. The first-order chi connectivity index (χ1) is 8.24. The Bertz CT molecular complexity index is 349. The molecule has 0 spiro atoms. The molecule has 1 aromatic heterocycles. The van der Waals surface area contributed by atoms with Gasteiger partial charge in [-0.2, -0.15) is 11.8 Å². The van der Waals surface area contributed by atoms with Gasteiger partial charge in [-0.1, -0.05) is 0 Å². The Morgan fingerprint density at radius 3 is 2.71 bits per heavy atom. The first kappa shape index (κ1) is 12.8. The van der Waals surface area contributed by atoms with Crippen molar-refractivity contribution in [3.63, 3.8) is 0 Å². The predicted molar refractivity (Wildman–Crippen MR) is 74.6 cm³/mol. The van der Waals surface area contributed by atoms with Gasteiger partial charge in [0.25, 0.3) is 0 Å². The minimum Gasteiger partial charge on any atom is -0.342 e. The lowest BCUT2D eigenvalue weighted by Gasteiger charge is -2.40. The van der Waals surface area contributed by atoms with Crippen LogP contribution < -0.4 is 10.6 Å². The van der Waals surface area contributed by atoms with Gasteiger partial charge in [-0.25, -0.2) is 4.98 Å². The van der Waals surface area contributed by atoms with Crippen molar-refractivity contribution in [1.82, 2.24) is 9.55 Å². The Balaban J connectivity index is 2.04. The van der Waals surface area contributed by atoms with Crippen LogP contribution >= 0.6 is 11.8 Å². The lowest BCUT2D eigenvalue weighted by molar-refractivity contribution is 0.449. The van der Waals surface area contributed by atoms with Crippen molar-refractivity contribution in [3.8, 4) is 0 Å². The number of nitrogens with zero attached hydrogens (tertiary/aromatic N) is 3. The smallest absolute Gasteiger partial charge is 0.205 e. The van der Waals surface area contributed by atoms with E-state index in [1.165, 1.54) is 0 Å². The van der Waals surface area contributed by atoms with E-state index in [1.54, 1.807) is 0 Å². The van der Waals surface area contributed by atoms with Gasteiger partial charge in [0.05, 0.1) is 0 Å². The SMILES string of the molecule is CCn1ccnc1N1CCC(CN)(SC)CC1. The molecule has 4 nitrogen and oxygen atoms in total. The fourth-order valence-electron chi connectivity index (χ4n) is 2.44. The second-order valence-electron chi connectivity index (χ2n) is 4.59. The van der Waals surface area contributed by atoms with Crippen LogP contribution in [0.5, 0.6) is 0 Å². The highest BCUT2D eigenvalue weighted by Crippen LogP contribution is 2.34. The van der Waals surface area contributed by atoms with Crippen LogP contribution in [0.4, 0.5) is 5.95 Å². The van der Waals surface area contributed by atoms with E-state index < -0.39 is 0 Å². The second kappa shape index (κ2) is 5.31. The van der Waals surface area contributed by atoms with Crippen molar-refractivity contribution in [2.45, 2.75) is 31.1 Å². The van der Waals surface area contributed by atoms with E-state index in [1.807, 2.05) is 18.0 Å². The Kier molecular flexibility index (Phi) is 3.99. The number of piperidine rings is 1. The molecule has 17 heavy (non-hydrogen) atoms. The number of nitrogens with two attached hydrogens (primary N) is 1. The van der Waals surface area contributed by atoms with Crippen LogP contribution in [0.25, 0.3) is 0 Å². The van der Waals surface area contributed by atoms with Gasteiger partial charge in [-0.05, 0) is 26.0 Å². The Hall–Kier alpha value is -0.680. The van der Waals surface area contributed by atoms with Gasteiger partial charge in [0.15, 0.2) is 0 Å². The van der Waals surface area contributed by atoms with Crippen LogP contribution in [-0.4, -0.2) is 40.2 Å². The van der Waals surface area contributed by atoms with Crippen molar-refractivity contribution in [2.75, 3.05) is 30.8 Å². The minimum absolute atomic E-state index is 0.292. The van der Waals surface area contributed by atoms with Crippen molar-refractivity contribution < 1.29 is 0 Å². The summed E-state index contributed by atoms with van der Waals surface area (Å²) in [5.74, 6) is 1.11. The van der Waals surface area contributed by atoms with Gasteiger partial charge in [0.1, 0.15) is 0 Å². The molecule has 0 atom stereocenters. The van der Waals surface area contributed by atoms with Gasteiger partial charge in [0, 0.05) is 43.3 Å². The van der Waals surface area contributed by atoms with E-state index in [4.69, 9.17) is 5.73 Å². The Labute approximate surface area is 108 Å². The van der Waals surface area contributed by atoms with Gasteiger partial charge < -0.3 is 15.2 Å². The highest BCUT2D eigenvalue weighted by molar-refractivity contribution is 8.00. The third-order valence-corrected chi connectivity index (χ3v) is 5.24. The lowest BCUT2D eigenvalue weighted by atomic mass is 9.96. The zero-order valence-corrected chi connectivity index (χ0v) is 11.5. The van der Waals surface area contributed by atoms with Crippen molar-refractivity contribution in [1.29, 1.82) is 0 Å². The molecule has 5 heteroatoms. The summed E-state index contributed by atoms with van der Waals surface area (Å²) in [5, 5.41) is 0. The molecule has 0 unspecified atom stereocenters. The van der Waals surface area contributed by atoms with Crippen molar-refractivity contribution in [2.24, 2.45) is 5.73 Å². The molecular weight excluding hydrogens is 232 g/mol. The van der Waals surface area contributed by atoms with Crippen LogP contribution in [0, 0.1) is 0 Å². The monoisotopic (exact) mass is 254 g/mol. The summed E-state index contributed by atoms with van der Waals surface area (Å²) in [6.45, 7) is 6.05. The van der Waals surface area contributed by atoms with E-state index in [2.05, 4.69) is 33.8 Å². The molecule has 1 fully saturated rings. The number of thioether (sulfide) groups is 1. The Morgan fingerprint density at radius 2 is 2.18 bits per heavy atom. The molecule has 0 bridgehead atoms. The highest BCUT2D eigenvalue weighted by Gasteiger charge is 2.33. The summed E-state index contributed by atoms with van der Waals surface area (Å²) in [4.78, 5) is 6.84. The number of hydrogen-bond donors (Lipinski definition) is 1. The lowest BCUT2D eigenvalue weighted by Crippen LogP contribution is -2.47. The molecular formula is C12H22N4S. The zero-order valence-electron chi connectivity index (χ0n) is 10.7. The molecule has 0 radical (unpaired) electrons. The number of anilines is 1. The van der Waals surface area contributed by atoms with Crippen LogP contribution in [-0.2, 0) is 6.54 Å². The molecule has 2 N–H and O–H groups in total. The fraction of sp³-hybridized carbons (Fsp3) is 0.750. The summed E-state index contributed by atoms with van der Waals surface area (Å²) in [7, 11) is 0. The fourth-order valence-corrected chi connectivity index (χ4v) is 3.19. The number of aryl methyl sites for hydroxylation is 1. The first-order valence-electron chi connectivity index (χ1n) is 6.26. The number of hydrogen-bond acceptors (Lipinski definition) is 4. The summed E-state index contributed by atoms with van der Waals surface area (Å²) >= 11 is 1.92. The molecule has 0 saturated carbocycles. The van der Waals surface area contributed by atoms with Crippen LogP contribution in [0.2, 0.25) is 0 Å². The highest BCUT2D eigenvalue weighted by atomic mass is 32.2. The molecule has 2 heterocycles. The van der Waals surface area contributed by atoms with E-state index in [0.29, 0.717) is 4.75 Å². The van der Waals surface area contributed by atoms with Crippen LogP contribution in [0.1, 0.15) is 19.8 Å². The molecule has 0 aliphatic carbocycles.